The van der Waals surface area contributed by atoms with Crippen LogP contribution in [-0.2, 0) is 21.2 Å². The summed E-state index contributed by atoms with van der Waals surface area (Å²) in [5.41, 5.74) is 3.54. The van der Waals surface area contributed by atoms with E-state index in [-0.39, 0.29) is 12.3 Å². The Kier molecular flexibility index (Phi) is 5.39. The van der Waals surface area contributed by atoms with E-state index >= 15 is 0 Å². The maximum Gasteiger partial charge on any atom is 0.243 e. The van der Waals surface area contributed by atoms with Crippen molar-refractivity contribution in [1.29, 1.82) is 0 Å². The van der Waals surface area contributed by atoms with E-state index in [0.29, 0.717) is 36.8 Å². The zero-order valence-corrected chi connectivity index (χ0v) is 17.0. The molecule has 7 nitrogen and oxygen atoms in total. The SMILES string of the molecule is Cc1ccc(S(=O)(=O)N2CCN(C(=O)Cc3c(C)noc3C)CC2)cc1C. The number of hydrogen-bond donors (Lipinski definition) is 0. The lowest BCUT2D eigenvalue weighted by molar-refractivity contribution is -0.131. The third kappa shape index (κ3) is 3.91. The van der Waals surface area contributed by atoms with Gasteiger partial charge in [-0.05, 0) is 51.0 Å². The van der Waals surface area contributed by atoms with Crippen molar-refractivity contribution in [2.24, 2.45) is 0 Å². The van der Waals surface area contributed by atoms with Crippen molar-refractivity contribution in [2.75, 3.05) is 26.2 Å². The third-order valence-corrected chi connectivity index (χ3v) is 7.11. The summed E-state index contributed by atoms with van der Waals surface area (Å²) in [6, 6.07) is 5.18. The Morgan fingerprint density at radius 2 is 1.74 bits per heavy atom. The van der Waals surface area contributed by atoms with Crippen LogP contribution in [0, 0.1) is 27.7 Å². The second-order valence-electron chi connectivity index (χ2n) is 7.01. The number of sulfonamides is 1. The molecule has 0 saturated carbocycles. The van der Waals surface area contributed by atoms with Crippen LogP contribution >= 0.6 is 0 Å². The molecule has 0 bridgehead atoms. The number of rotatable bonds is 4. The van der Waals surface area contributed by atoms with Crippen LogP contribution in [0.4, 0.5) is 0 Å². The summed E-state index contributed by atoms with van der Waals surface area (Å²) in [5, 5.41) is 3.87. The molecule has 146 valence electrons. The van der Waals surface area contributed by atoms with Gasteiger partial charge in [-0.1, -0.05) is 11.2 Å². The topological polar surface area (TPSA) is 83.7 Å². The van der Waals surface area contributed by atoms with Gasteiger partial charge >= 0.3 is 0 Å². The molecule has 1 aromatic carbocycles. The molecule has 1 aliphatic heterocycles. The minimum Gasteiger partial charge on any atom is -0.361 e. The van der Waals surface area contributed by atoms with Crippen molar-refractivity contribution in [3.05, 3.63) is 46.3 Å². The summed E-state index contributed by atoms with van der Waals surface area (Å²) >= 11 is 0. The van der Waals surface area contributed by atoms with E-state index in [4.69, 9.17) is 4.52 Å². The van der Waals surface area contributed by atoms with Gasteiger partial charge in [0, 0.05) is 31.7 Å². The zero-order chi connectivity index (χ0) is 19.8. The molecule has 2 heterocycles. The highest BCUT2D eigenvalue weighted by Crippen LogP contribution is 2.21. The highest BCUT2D eigenvalue weighted by Gasteiger charge is 2.30. The highest BCUT2D eigenvalue weighted by molar-refractivity contribution is 7.89. The summed E-state index contributed by atoms with van der Waals surface area (Å²) in [6.07, 6.45) is 0.227. The lowest BCUT2D eigenvalue weighted by Crippen LogP contribution is -2.50. The van der Waals surface area contributed by atoms with Crippen LogP contribution in [0.2, 0.25) is 0 Å². The number of nitrogens with zero attached hydrogens (tertiary/aromatic N) is 3. The van der Waals surface area contributed by atoms with E-state index in [1.165, 1.54) is 4.31 Å². The normalized spacial score (nSPS) is 15.9. The van der Waals surface area contributed by atoms with Gasteiger partial charge in [0.2, 0.25) is 15.9 Å². The molecule has 3 rings (SSSR count). The van der Waals surface area contributed by atoms with Crippen LogP contribution in [-0.4, -0.2) is 54.9 Å². The third-order valence-electron chi connectivity index (χ3n) is 5.22. The summed E-state index contributed by atoms with van der Waals surface area (Å²) < 4.78 is 32.3. The van der Waals surface area contributed by atoms with Crippen molar-refractivity contribution in [2.45, 2.75) is 39.0 Å². The summed E-state index contributed by atoms with van der Waals surface area (Å²) in [6.45, 7) is 8.81. The van der Waals surface area contributed by atoms with Gasteiger partial charge in [0.15, 0.2) is 0 Å². The molecule has 27 heavy (non-hydrogen) atoms. The summed E-state index contributed by atoms with van der Waals surface area (Å²) in [7, 11) is -3.54. The number of carbonyl (C=O) groups excluding carboxylic acids is 1. The molecule has 0 unspecified atom stereocenters. The van der Waals surface area contributed by atoms with E-state index in [9.17, 15) is 13.2 Å². The zero-order valence-electron chi connectivity index (χ0n) is 16.2. The number of hydrogen-bond acceptors (Lipinski definition) is 5. The van der Waals surface area contributed by atoms with Gasteiger partial charge in [0.25, 0.3) is 0 Å². The number of piperazine rings is 1. The first-order valence-electron chi connectivity index (χ1n) is 8.97. The predicted molar refractivity (Wildman–Crippen MR) is 101 cm³/mol. The Morgan fingerprint density at radius 1 is 1.07 bits per heavy atom. The summed E-state index contributed by atoms with van der Waals surface area (Å²) in [4.78, 5) is 14.6. The van der Waals surface area contributed by atoms with Gasteiger partial charge < -0.3 is 9.42 Å². The molecule has 0 spiro atoms. The van der Waals surface area contributed by atoms with Gasteiger partial charge in [-0.25, -0.2) is 8.42 Å². The summed E-state index contributed by atoms with van der Waals surface area (Å²) in [5.74, 6) is 0.615. The van der Waals surface area contributed by atoms with Crippen LogP contribution in [0.3, 0.4) is 0 Å². The molecule has 1 aromatic heterocycles. The van der Waals surface area contributed by atoms with E-state index in [0.717, 1.165) is 22.4 Å². The van der Waals surface area contributed by atoms with Crippen LogP contribution in [0.15, 0.2) is 27.6 Å². The quantitative estimate of drug-likeness (QED) is 0.796. The minimum absolute atomic E-state index is 0.0346. The van der Waals surface area contributed by atoms with Gasteiger partial charge in [-0.15, -0.1) is 0 Å². The maximum atomic E-state index is 12.9. The fourth-order valence-electron chi connectivity index (χ4n) is 3.22. The van der Waals surface area contributed by atoms with Crippen LogP contribution < -0.4 is 0 Å². The first-order chi connectivity index (χ1) is 12.7. The molecule has 1 amide bonds. The van der Waals surface area contributed by atoms with E-state index in [1.54, 1.807) is 24.0 Å². The van der Waals surface area contributed by atoms with Crippen LogP contribution in [0.5, 0.6) is 0 Å². The Morgan fingerprint density at radius 3 is 2.30 bits per heavy atom. The first-order valence-corrected chi connectivity index (χ1v) is 10.4. The van der Waals surface area contributed by atoms with Crippen molar-refractivity contribution in [3.63, 3.8) is 0 Å². The Bertz CT molecular complexity index is 938. The number of benzene rings is 1. The Labute approximate surface area is 160 Å². The minimum atomic E-state index is -3.54. The fourth-order valence-corrected chi connectivity index (χ4v) is 4.73. The lowest BCUT2D eigenvalue weighted by atomic mass is 10.1. The van der Waals surface area contributed by atoms with Gasteiger partial charge in [0.05, 0.1) is 17.0 Å². The molecule has 1 aliphatic rings. The highest BCUT2D eigenvalue weighted by atomic mass is 32.2. The maximum absolute atomic E-state index is 12.9. The van der Waals surface area contributed by atoms with E-state index in [2.05, 4.69) is 5.16 Å². The number of carbonyl (C=O) groups is 1. The largest absolute Gasteiger partial charge is 0.361 e. The fraction of sp³-hybridized carbons (Fsp3) is 0.474. The van der Waals surface area contributed by atoms with E-state index < -0.39 is 10.0 Å². The molecule has 1 fully saturated rings. The van der Waals surface area contributed by atoms with E-state index in [1.807, 2.05) is 26.8 Å². The van der Waals surface area contributed by atoms with Crippen molar-refractivity contribution >= 4 is 15.9 Å². The molecule has 0 aliphatic carbocycles. The average Bonchev–Trinajstić information content (AvgIpc) is 2.96. The van der Waals surface area contributed by atoms with Crippen LogP contribution in [0.1, 0.15) is 28.1 Å². The molecule has 8 heteroatoms. The second-order valence-corrected chi connectivity index (χ2v) is 8.95. The van der Waals surface area contributed by atoms with Crippen molar-refractivity contribution in [1.82, 2.24) is 14.4 Å². The molecule has 1 saturated heterocycles. The standard InChI is InChI=1S/C19H25N3O4S/c1-13-5-6-17(11-14(13)2)27(24,25)22-9-7-21(8-10-22)19(23)12-18-15(3)20-26-16(18)4/h5-6,11H,7-10,12H2,1-4H3. The average molecular weight is 391 g/mol. The Hall–Kier alpha value is -2.19. The molecule has 0 atom stereocenters. The number of amides is 1. The number of aryl methyl sites for hydroxylation is 4. The second kappa shape index (κ2) is 7.44. The van der Waals surface area contributed by atoms with Gasteiger partial charge in [-0.2, -0.15) is 4.31 Å². The van der Waals surface area contributed by atoms with Gasteiger partial charge in [0.1, 0.15) is 5.76 Å². The smallest absolute Gasteiger partial charge is 0.243 e. The van der Waals surface area contributed by atoms with Crippen LogP contribution in [0.25, 0.3) is 0 Å². The first kappa shape index (κ1) is 19.6. The molecular weight excluding hydrogens is 366 g/mol. The molecule has 2 aromatic rings. The molecule has 0 N–H and O–H groups in total. The van der Waals surface area contributed by atoms with Crippen molar-refractivity contribution < 1.29 is 17.7 Å². The Balaban J connectivity index is 1.66. The van der Waals surface area contributed by atoms with Crippen molar-refractivity contribution in [3.8, 4) is 0 Å². The monoisotopic (exact) mass is 391 g/mol. The molecule has 0 radical (unpaired) electrons. The predicted octanol–water partition coefficient (Wildman–Crippen LogP) is 1.98. The van der Waals surface area contributed by atoms with Gasteiger partial charge in [-0.3, -0.25) is 4.79 Å². The molecular formula is C19H25N3O4S. The lowest BCUT2D eigenvalue weighted by Gasteiger charge is -2.34. The number of aromatic nitrogens is 1.